The molecule has 1 aromatic rings. The summed E-state index contributed by atoms with van der Waals surface area (Å²) >= 11 is 6.09. The molecule has 0 radical (unpaired) electrons. The van der Waals surface area contributed by atoms with Gasteiger partial charge in [0.15, 0.2) is 5.82 Å². The molecule has 1 saturated carbocycles. The van der Waals surface area contributed by atoms with Crippen LogP contribution in [-0.4, -0.2) is 24.7 Å². The van der Waals surface area contributed by atoms with Gasteiger partial charge >= 0.3 is 0 Å². The van der Waals surface area contributed by atoms with Crippen LogP contribution in [0.4, 0.5) is 14.5 Å². The van der Waals surface area contributed by atoms with E-state index < -0.39 is 11.6 Å². The Balaban J connectivity index is 1.95. The highest BCUT2D eigenvalue weighted by atomic mass is 35.5. The van der Waals surface area contributed by atoms with Gasteiger partial charge in [-0.1, -0.05) is 24.4 Å². The van der Waals surface area contributed by atoms with Gasteiger partial charge in [0.1, 0.15) is 5.82 Å². The third kappa shape index (κ3) is 2.40. The topological polar surface area (TPSA) is 15.3 Å². The van der Waals surface area contributed by atoms with E-state index >= 15 is 0 Å². The molecule has 2 aliphatic rings. The van der Waals surface area contributed by atoms with E-state index in [0.29, 0.717) is 5.69 Å². The van der Waals surface area contributed by atoms with Crippen molar-refractivity contribution in [3.8, 4) is 0 Å². The molecule has 5 heteroatoms. The van der Waals surface area contributed by atoms with Gasteiger partial charge in [0.05, 0.1) is 10.7 Å². The second-order valence-corrected chi connectivity index (χ2v) is 6.47. The Morgan fingerprint density at radius 1 is 1.30 bits per heavy atom. The molecule has 1 atom stereocenters. The number of hydrogen-bond donors (Lipinski definition) is 1. The second-order valence-electron chi connectivity index (χ2n) is 6.06. The maximum Gasteiger partial charge on any atom is 0.150 e. The Bertz CT molecular complexity index is 492. The number of anilines is 1. The monoisotopic (exact) mass is 300 g/mol. The summed E-state index contributed by atoms with van der Waals surface area (Å²) in [6.07, 6.45) is 4.62. The smallest absolute Gasteiger partial charge is 0.150 e. The van der Waals surface area contributed by atoms with Gasteiger partial charge in [-0.15, -0.1) is 0 Å². The lowest BCUT2D eigenvalue weighted by atomic mass is 9.92. The predicted molar refractivity (Wildman–Crippen MR) is 77.4 cm³/mol. The molecular weight excluding hydrogens is 282 g/mol. The summed E-state index contributed by atoms with van der Waals surface area (Å²) in [6.45, 7) is 3.57. The van der Waals surface area contributed by atoms with E-state index in [-0.39, 0.29) is 16.6 Å². The van der Waals surface area contributed by atoms with Gasteiger partial charge in [-0.05, 0) is 25.8 Å². The van der Waals surface area contributed by atoms with Crippen LogP contribution in [0.2, 0.25) is 5.02 Å². The van der Waals surface area contributed by atoms with Crippen LogP contribution >= 0.6 is 11.6 Å². The van der Waals surface area contributed by atoms with E-state index in [1.54, 1.807) is 0 Å². The first-order valence-electron chi connectivity index (χ1n) is 7.17. The van der Waals surface area contributed by atoms with Gasteiger partial charge in [0, 0.05) is 30.7 Å². The van der Waals surface area contributed by atoms with E-state index in [1.807, 2.05) is 11.8 Å². The lowest BCUT2D eigenvalue weighted by molar-refractivity contribution is 0.275. The number of halogens is 3. The van der Waals surface area contributed by atoms with Crippen LogP contribution in [0.15, 0.2) is 12.1 Å². The number of piperazine rings is 1. The Kier molecular flexibility index (Phi) is 3.63. The number of nitrogens with one attached hydrogen (secondary N) is 1. The van der Waals surface area contributed by atoms with E-state index in [2.05, 4.69) is 5.32 Å². The molecule has 2 fully saturated rings. The molecule has 1 N–H and O–H groups in total. The van der Waals surface area contributed by atoms with Crippen LogP contribution in [0, 0.1) is 11.6 Å². The van der Waals surface area contributed by atoms with Crippen molar-refractivity contribution in [2.75, 3.05) is 18.0 Å². The molecule has 0 aromatic heterocycles. The maximum atomic E-state index is 14.2. The van der Waals surface area contributed by atoms with Crippen LogP contribution in [-0.2, 0) is 0 Å². The zero-order valence-corrected chi connectivity index (χ0v) is 12.3. The fourth-order valence-corrected chi connectivity index (χ4v) is 3.81. The van der Waals surface area contributed by atoms with E-state index in [0.717, 1.165) is 32.0 Å². The normalized spacial score (nSPS) is 25.4. The summed E-state index contributed by atoms with van der Waals surface area (Å²) in [5.74, 6) is -1.20. The summed E-state index contributed by atoms with van der Waals surface area (Å²) in [5.41, 5.74) is 0.407. The average Bonchev–Trinajstić information content (AvgIpc) is 2.81. The number of nitrogens with zero attached hydrogens (tertiary/aromatic N) is 1. The van der Waals surface area contributed by atoms with Crippen molar-refractivity contribution in [1.82, 2.24) is 5.32 Å². The molecule has 1 aromatic carbocycles. The zero-order chi connectivity index (χ0) is 14.3. The highest BCUT2D eigenvalue weighted by Crippen LogP contribution is 2.38. The van der Waals surface area contributed by atoms with Gasteiger partial charge in [-0.3, -0.25) is 0 Å². The van der Waals surface area contributed by atoms with Crippen molar-refractivity contribution in [1.29, 1.82) is 0 Å². The predicted octanol–water partition coefficient (Wildman–Crippen LogP) is 3.73. The lowest BCUT2D eigenvalue weighted by Gasteiger charge is -2.46. The molecule has 1 aliphatic carbocycles. The number of hydrogen-bond acceptors (Lipinski definition) is 2. The van der Waals surface area contributed by atoms with Crippen molar-refractivity contribution >= 4 is 17.3 Å². The van der Waals surface area contributed by atoms with Crippen molar-refractivity contribution in [2.24, 2.45) is 0 Å². The van der Waals surface area contributed by atoms with Crippen molar-refractivity contribution < 1.29 is 8.78 Å². The molecule has 1 aliphatic heterocycles. The first-order valence-corrected chi connectivity index (χ1v) is 7.55. The quantitative estimate of drug-likeness (QED) is 0.850. The first kappa shape index (κ1) is 14.1. The van der Waals surface area contributed by atoms with Crippen LogP contribution in [0.25, 0.3) is 0 Å². The van der Waals surface area contributed by atoms with Crippen molar-refractivity contribution in [3.05, 3.63) is 28.8 Å². The van der Waals surface area contributed by atoms with Crippen LogP contribution in [0.3, 0.4) is 0 Å². The summed E-state index contributed by atoms with van der Waals surface area (Å²) < 4.78 is 27.4. The van der Waals surface area contributed by atoms with Gasteiger partial charge in [0.2, 0.25) is 0 Å². The Hall–Kier alpha value is -0.870. The highest BCUT2D eigenvalue weighted by molar-refractivity contribution is 6.33. The minimum atomic E-state index is -0.630. The molecule has 110 valence electrons. The molecule has 1 unspecified atom stereocenters. The highest BCUT2D eigenvalue weighted by Gasteiger charge is 2.41. The Labute approximate surface area is 123 Å². The average molecular weight is 301 g/mol. The molecule has 1 spiro atoms. The third-order valence-corrected chi connectivity index (χ3v) is 4.90. The fraction of sp³-hybridized carbons (Fsp3) is 0.600. The molecule has 2 nitrogen and oxygen atoms in total. The summed E-state index contributed by atoms with van der Waals surface area (Å²) in [7, 11) is 0. The van der Waals surface area contributed by atoms with Gasteiger partial charge in [-0.2, -0.15) is 0 Å². The summed E-state index contributed by atoms with van der Waals surface area (Å²) in [6, 6.07) is 2.24. The zero-order valence-electron chi connectivity index (χ0n) is 11.6. The summed E-state index contributed by atoms with van der Waals surface area (Å²) in [4.78, 5) is 2.00. The standard InChI is InChI=1S/C15H19ClF2N2/c1-10-8-19-15(4-2-3-5-15)9-20(10)14-12(16)6-11(17)7-13(14)18/h6-7,10,19H,2-5,8-9H2,1H3. The van der Waals surface area contributed by atoms with Crippen LogP contribution in [0.5, 0.6) is 0 Å². The Morgan fingerprint density at radius 3 is 2.65 bits per heavy atom. The van der Waals surface area contributed by atoms with Gasteiger partial charge in [-0.25, -0.2) is 8.78 Å². The molecule has 0 amide bonds. The fourth-order valence-electron chi connectivity index (χ4n) is 3.51. The molecule has 20 heavy (non-hydrogen) atoms. The number of rotatable bonds is 1. The SMILES string of the molecule is CC1CNC2(CCCC2)CN1c1c(F)cc(F)cc1Cl. The molecule has 1 heterocycles. The molecule has 1 saturated heterocycles. The molecular formula is C15H19ClF2N2. The van der Waals surface area contributed by atoms with E-state index in [4.69, 9.17) is 11.6 Å². The van der Waals surface area contributed by atoms with Crippen LogP contribution < -0.4 is 10.2 Å². The minimum absolute atomic E-state index is 0.0661. The largest absolute Gasteiger partial charge is 0.362 e. The number of benzene rings is 1. The maximum absolute atomic E-state index is 14.2. The minimum Gasteiger partial charge on any atom is -0.362 e. The van der Waals surface area contributed by atoms with Gasteiger partial charge in [0.25, 0.3) is 0 Å². The van der Waals surface area contributed by atoms with Crippen molar-refractivity contribution in [2.45, 2.75) is 44.2 Å². The Morgan fingerprint density at radius 2 is 2.00 bits per heavy atom. The van der Waals surface area contributed by atoms with Crippen LogP contribution in [0.1, 0.15) is 32.6 Å². The lowest BCUT2D eigenvalue weighted by Crippen LogP contribution is -2.62. The molecule has 0 bridgehead atoms. The third-order valence-electron chi connectivity index (χ3n) is 4.61. The van der Waals surface area contributed by atoms with Crippen molar-refractivity contribution in [3.63, 3.8) is 0 Å². The molecule has 3 rings (SSSR count). The van der Waals surface area contributed by atoms with E-state index in [9.17, 15) is 8.78 Å². The summed E-state index contributed by atoms with van der Waals surface area (Å²) in [5, 5.41) is 3.77. The van der Waals surface area contributed by atoms with E-state index in [1.165, 1.54) is 18.9 Å². The second kappa shape index (κ2) is 5.15. The first-order chi connectivity index (χ1) is 9.51. The van der Waals surface area contributed by atoms with Gasteiger partial charge < -0.3 is 10.2 Å².